The molecule has 0 aliphatic carbocycles. The van der Waals surface area contributed by atoms with Crippen molar-refractivity contribution in [2.45, 2.75) is 6.42 Å². The SMILES string of the molecule is C=CCc1c(F)c(F)c(O)c(F)c1F. The first kappa shape index (κ1) is 10.6. The van der Waals surface area contributed by atoms with Gasteiger partial charge in [-0.3, -0.25) is 0 Å². The van der Waals surface area contributed by atoms with E-state index in [0.717, 1.165) is 6.08 Å². The number of benzene rings is 1. The van der Waals surface area contributed by atoms with Crippen molar-refractivity contribution < 1.29 is 22.7 Å². The topological polar surface area (TPSA) is 20.2 Å². The van der Waals surface area contributed by atoms with E-state index in [1.807, 2.05) is 0 Å². The highest BCUT2D eigenvalue weighted by atomic mass is 19.2. The molecule has 1 nitrogen and oxygen atoms in total. The summed E-state index contributed by atoms with van der Waals surface area (Å²) in [6.07, 6.45) is 0.739. The summed E-state index contributed by atoms with van der Waals surface area (Å²) >= 11 is 0. The summed E-state index contributed by atoms with van der Waals surface area (Å²) in [5.74, 6) is -8.42. The molecule has 0 spiro atoms. The minimum atomic E-state index is -1.79. The van der Waals surface area contributed by atoms with Crippen LogP contribution in [0.1, 0.15) is 5.56 Å². The number of allylic oxidation sites excluding steroid dienone is 1. The first-order valence-electron chi connectivity index (χ1n) is 3.65. The summed E-state index contributed by atoms with van der Waals surface area (Å²) in [5.41, 5.74) is -0.784. The second kappa shape index (κ2) is 3.69. The second-order valence-corrected chi connectivity index (χ2v) is 2.58. The van der Waals surface area contributed by atoms with Gasteiger partial charge in [0.05, 0.1) is 0 Å². The first-order valence-corrected chi connectivity index (χ1v) is 3.65. The maximum Gasteiger partial charge on any atom is 0.203 e. The van der Waals surface area contributed by atoms with Gasteiger partial charge in [0.25, 0.3) is 0 Å². The molecule has 5 heteroatoms. The van der Waals surface area contributed by atoms with Crippen molar-refractivity contribution in [1.82, 2.24) is 0 Å². The van der Waals surface area contributed by atoms with E-state index in [0.29, 0.717) is 0 Å². The monoisotopic (exact) mass is 206 g/mol. The zero-order valence-corrected chi connectivity index (χ0v) is 6.95. The molecule has 0 heterocycles. The molecule has 0 saturated heterocycles. The van der Waals surface area contributed by atoms with Gasteiger partial charge in [-0.05, 0) is 6.42 Å². The maximum absolute atomic E-state index is 12.9. The summed E-state index contributed by atoms with van der Waals surface area (Å²) in [5, 5.41) is 8.60. The average molecular weight is 206 g/mol. The van der Waals surface area contributed by atoms with Crippen LogP contribution in [0.5, 0.6) is 5.75 Å². The highest BCUT2D eigenvalue weighted by molar-refractivity contribution is 5.34. The van der Waals surface area contributed by atoms with E-state index in [1.165, 1.54) is 0 Å². The molecule has 0 saturated carbocycles. The van der Waals surface area contributed by atoms with Crippen LogP contribution in [0.3, 0.4) is 0 Å². The molecule has 0 fully saturated rings. The lowest BCUT2D eigenvalue weighted by atomic mass is 10.1. The van der Waals surface area contributed by atoms with Gasteiger partial charge in [-0.2, -0.15) is 8.78 Å². The molecule has 1 aromatic rings. The number of hydrogen-bond acceptors (Lipinski definition) is 1. The fourth-order valence-corrected chi connectivity index (χ4v) is 0.989. The van der Waals surface area contributed by atoms with Crippen LogP contribution in [0.15, 0.2) is 12.7 Å². The predicted octanol–water partition coefficient (Wildman–Crippen LogP) is 2.68. The van der Waals surface area contributed by atoms with E-state index < -0.39 is 34.6 Å². The lowest BCUT2D eigenvalue weighted by molar-refractivity contribution is 0.352. The maximum atomic E-state index is 12.9. The van der Waals surface area contributed by atoms with Crippen LogP contribution in [0, 0.1) is 23.3 Å². The lowest BCUT2D eigenvalue weighted by Crippen LogP contribution is -2.02. The molecule has 1 aromatic carbocycles. The Kier molecular flexibility index (Phi) is 2.78. The van der Waals surface area contributed by atoms with E-state index >= 15 is 0 Å². The quantitative estimate of drug-likeness (QED) is 0.448. The minimum Gasteiger partial charge on any atom is -0.503 e. The minimum absolute atomic E-state index is 0.355. The van der Waals surface area contributed by atoms with E-state index in [4.69, 9.17) is 5.11 Å². The molecule has 0 atom stereocenters. The van der Waals surface area contributed by atoms with Crippen molar-refractivity contribution in [3.63, 3.8) is 0 Å². The Morgan fingerprint density at radius 3 is 1.79 bits per heavy atom. The standard InChI is InChI=1S/C9H6F4O/c1-2-3-4-5(10)7(12)9(14)8(13)6(4)11/h2,14H,1,3H2. The van der Waals surface area contributed by atoms with Gasteiger partial charge in [0.15, 0.2) is 17.4 Å². The Balaban J connectivity index is 3.50. The largest absolute Gasteiger partial charge is 0.503 e. The summed E-state index contributed by atoms with van der Waals surface area (Å²) in [6.45, 7) is 3.18. The van der Waals surface area contributed by atoms with E-state index in [9.17, 15) is 17.6 Å². The number of phenolic OH excluding ortho intramolecular Hbond substituents is 1. The molecule has 0 aliphatic rings. The fourth-order valence-electron chi connectivity index (χ4n) is 0.989. The average Bonchev–Trinajstić information content (AvgIpc) is 2.19. The van der Waals surface area contributed by atoms with Crippen LogP contribution >= 0.6 is 0 Å². The van der Waals surface area contributed by atoms with Gasteiger partial charge in [0.2, 0.25) is 11.6 Å². The van der Waals surface area contributed by atoms with Gasteiger partial charge in [-0.15, -0.1) is 6.58 Å². The van der Waals surface area contributed by atoms with Crippen molar-refractivity contribution in [2.24, 2.45) is 0 Å². The van der Waals surface area contributed by atoms with Crippen LogP contribution in [0.25, 0.3) is 0 Å². The van der Waals surface area contributed by atoms with Crippen LogP contribution < -0.4 is 0 Å². The lowest BCUT2D eigenvalue weighted by Gasteiger charge is -2.06. The van der Waals surface area contributed by atoms with Crippen LogP contribution in [0.2, 0.25) is 0 Å². The molecule has 0 radical (unpaired) electrons. The van der Waals surface area contributed by atoms with Crippen LogP contribution in [0.4, 0.5) is 17.6 Å². The molecule has 0 unspecified atom stereocenters. The Morgan fingerprint density at radius 1 is 1.00 bits per heavy atom. The van der Waals surface area contributed by atoms with Gasteiger partial charge < -0.3 is 5.11 Å². The van der Waals surface area contributed by atoms with Gasteiger partial charge in [0.1, 0.15) is 0 Å². The molecule has 1 rings (SSSR count). The number of phenols is 1. The van der Waals surface area contributed by atoms with Gasteiger partial charge in [-0.25, -0.2) is 8.78 Å². The summed E-state index contributed by atoms with van der Waals surface area (Å²) < 4.78 is 51.2. The Labute approximate surface area is 77.3 Å². The third kappa shape index (κ3) is 1.45. The Hall–Kier alpha value is -1.52. The molecule has 0 aromatic heterocycles. The Morgan fingerprint density at radius 2 is 1.43 bits per heavy atom. The van der Waals surface area contributed by atoms with Crippen LogP contribution in [-0.4, -0.2) is 5.11 Å². The number of halogens is 4. The molecule has 1 N–H and O–H groups in total. The van der Waals surface area contributed by atoms with Crippen molar-refractivity contribution >= 4 is 0 Å². The molecule has 0 aliphatic heterocycles. The highest BCUT2D eigenvalue weighted by Crippen LogP contribution is 2.28. The first-order chi connectivity index (χ1) is 6.50. The van der Waals surface area contributed by atoms with Gasteiger partial charge >= 0.3 is 0 Å². The number of hydrogen-bond donors (Lipinski definition) is 1. The molecule has 0 bridgehead atoms. The van der Waals surface area contributed by atoms with E-state index in [2.05, 4.69) is 6.58 Å². The van der Waals surface area contributed by atoms with Crippen molar-refractivity contribution in [2.75, 3.05) is 0 Å². The zero-order chi connectivity index (χ0) is 10.9. The zero-order valence-electron chi connectivity index (χ0n) is 6.95. The van der Waals surface area contributed by atoms with Gasteiger partial charge in [0, 0.05) is 5.56 Å². The summed E-state index contributed by atoms with van der Waals surface area (Å²) in [6, 6.07) is 0. The molecular weight excluding hydrogens is 200 g/mol. The molecule has 76 valence electrons. The molecule has 0 amide bonds. The Bertz CT molecular complexity index is 358. The third-order valence-corrected chi connectivity index (χ3v) is 1.68. The van der Waals surface area contributed by atoms with E-state index in [-0.39, 0.29) is 6.42 Å². The fraction of sp³-hybridized carbons (Fsp3) is 0.111. The van der Waals surface area contributed by atoms with Gasteiger partial charge in [-0.1, -0.05) is 6.08 Å². The second-order valence-electron chi connectivity index (χ2n) is 2.58. The summed E-state index contributed by atoms with van der Waals surface area (Å²) in [7, 11) is 0. The highest BCUT2D eigenvalue weighted by Gasteiger charge is 2.23. The number of rotatable bonds is 2. The van der Waals surface area contributed by atoms with Crippen molar-refractivity contribution in [3.05, 3.63) is 41.5 Å². The normalized spacial score (nSPS) is 10.3. The molecular formula is C9H6F4O. The van der Waals surface area contributed by atoms with Crippen LogP contribution in [-0.2, 0) is 6.42 Å². The van der Waals surface area contributed by atoms with Crippen molar-refractivity contribution in [1.29, 1.82) is 0 Å². The third-order valence-electron chi connectivity index (χ3n) is 1.68. The number of aromatic hydroxyl groups is 1. The van der Waals surface area contributed by atoms with E-state index in [1.54, 1.807) is 0 Å². The smallest absolute Gasteiger partial charge is 0.203 e. The molecule has 14 heavy (non-hydrogen) atoms. The van der Waals surface area contributed by atoms with Crippen molar-refractivity contribution in [3.8, 4) is 5.75 Å². The summed E-state index contributed by atoms with van der Waals surface area (Å²) in [4.78, 5) is 0. The predicted molar refractivity (Wildman–Crippen MR) is 41.8 cm³/mol.